The normalized spacial score (nSPS) is 21.0. The third kappa shape index (κ3) is 5.81. The van der Waals surface area contributed by atoms with Gasteiger partial charge in [0, 0.05) is 62.6 Å². The van der Waals surface area contributed by atoms with Crippen molar-refractivity contribution in [3.8, 4) is 0 Å². The molecule has 11 heteroatoms. The molecule has 4 heterocycles. The molecule has 3 aromatic rings. The second kappa shape index (κ2) is 11.6. The molecule has 2 aliphatic heterocycles. The Balaban J connectivity index is 1.11. The van der Waals surface area contributed by atoms with Gasteiger partial charge in [-0.05, 0) is 42.4 Å². The largest absolute Gasteiger partial charge is 0.433 e. The third-order valence-corrected chi connectivity index (χ3v) is 9.13. The summed E-state index contributed by atoms with van der Waals surface area (Å²) in [5, 5.41) is 0. The molecular weight excluding hydrogens is 557 g/mol. The van der Waals surface area contributed by atoms with Crippen molar-refractivity contribution in [2.45, 2.75) is 52.1 Å². The van der Waals surface area contributed by atoms with Gasteiger partial charge in [0.2, 0.25) is 5.91 Å². The summed E-state index contributed by atoms with van der Waals surface area (Å²) in [6.45, 7) is 6.24. The highest BCUT2D eigenvalue weighted by Gasteiger charge is 2.40. The number of carbonyl (C=O) groups is 2. The van der Waals surface area contributed by atoms with Crippen LogP contribution in [0, 0.1) is 18.8 Å². The maximum absolute atomic E-state index is 13.5. The molecule has 1 aliphatic carbocycles. The highest BCUT2D eigenvalue weighted by Crippen LogP contribution is 2.34. The van der Waals surface area contributed by atoms with Crippen molar-refractivity contribution < 1.29 is 22.8 Å². The highest BCUT2D eigenvalue weighted by molar-refractivity contribution is 6.27. The van der Waals surface area contributed by atoms with E-state index >= 15 is 0 Å². The summed E-state index contributed by atoms with van der Waals surface area (Å²) in [6, 6.07) is 5.64. The first-order chi connectivity index (χ1) is 20.6. The van der Waals surface area contributed by atoms with Gasteiger partial charge >= 0.3 is 6.18 Å². The minimum Gasteiger partial charge on any atom is -0.339 e. The Bertz CT molecular complexity index is 1620. The van der Waals surface area contributed by atoms with Crippen LogP contribution in [-0.2, 0) is 11.2 Å². The number of carbonyl (C=O) groups excluding carboxylic acids is 2. The van der Waals surface area contributed by atoms with Gasteiger partial charge in [-0.15, -0.1) is 0 Å². The van der Waals surface area contributed by atoms with Crippen LogP contribution in [-0.4, -0.2) is 80.6 Å². The first-order valence-corrected chi connectivity index (χ1v) is 14.9. The van der Waals surface area contributed by atoms with E-state index in [0.29, 0.717) is 73.5 Å². The van der Waals surface area contributed by atoms with Crippen molar-refractivity contribution in [2.75, 3.05) is 32.7 Å². The number of piperazine rings is 1. The number of nitrogens with zero attached hydrogens (tertiary/aromatic N) is 6. The zero-order valence-electron chi connectivity index (χ0n) is 24.4. The number of halogens is 3. The summed E-state index contributed by atoms with van der Waals surface area (Å²) in [6.07, 6.45) is 6.04. The van der Waals surface area contributed by atoms with E-state index in [1.165, 1.54) is 25.1 Å². The number of rotatable bonds is 6. The van der Waals surface area contributed by atoms with Crippen LogP contribution in [0.25, 0.3) is 11.2 Å². The molecule has 226 valence electrons. The number of fused-ring (bicyclic) bond motifs is 1. The topological polar surface area (TPSA) is 83.2 Å². The van der Waals surface area contributed by atoms with Crippen LogP contribution in [0.4, 0.5) is 13.2 Å². The fraction of sp³-hybridized carbons (Fsp3) is 0.469. The monoisotopic (exact) mass is 592 g/mol. The van der Waals surface area contributed by atoms with Gasteiger partial charge in [-0.25, -0.2) is 4.98 Å². The summed E-state index contributed by atoms with van der Waals surface area (Å²) in [5.74, 6) is 1.24. The molecule has 1 saturated carbocycles. The number of amides is 2. The van der Waals surface area contributed by atoms with E-state index in [1.54, 1.807) is 16.8 Å². The van der Waals surface area contributed by atoms with E-state index in [9.17, 15) is 22.8 Å². The molecular formula is C32H35F3N6O2. The Hall–Kier alpha value is -4.02. The minimum atomic E-state index is -4.54. The van der Waals surface area contributed by atoms with Crippen molar-refractivity contribution in [1.82, 2.24) is 24.2 Å². The van der Waals surface area contributed by atoms with Crippen molar-refractivity contribution in [1.29, 1.82) is 0 Å². The molecule has 3 aliphatic rings. The van der Waals surface area contributed by atoms with E-state index in [0.717, 1.165) is 17.5 Å². The number of alkyl halides is 3. The predicted molar refractivity (Wildman–Crippen MR) is 157 cm³/mol. The maximum atomic E-state index is 13.5. The summed E-state index contributed by atoms with van der Waals surface area (Å²) >= 11 is 0. The average molecular weight is 593 g/mol. The number of hydrogen-bond acceptors (Lipinski definition) is 5. The average Bonchev–Trinajstić information content (AvgIpc) is 3.73. The molecule has 0 radical (unpaired) electrons. The molecule has 2 aromatic heterocycles. The van der Waals surface area contributed by atoms with Gasteiger partial charge in [-0.1, -0.05) is 38.0 Å². The van der Waals surface area contributed by atoms with E-state index in [4.69, 9.17) is 0 Å². The fourth-order valence-corrected chi connectivity index (χ4v) is 6.65. The smallest absolute Gasteiger partial charge is 0.339 e. The zero-order valence-corrected chi connectivity index (χ0v) is 24.4. The molecule has 8 nitrogen and oxygen atoms in total. The number of allylic oxidation sites excluding steroid dienone is 1. The van der Waals surface area contributed by atoms with E-state index < -0.39 is 11.9 Å². The van der Waals surface area contributed by atoms with E-state index in [1.807, 2.05) is 34.9 Å². The molecule has 2 amide bonds. The van der Waals surface area contributed by atoms with Gasteiger partial charge in [0.1, 0.15) is 5.71 Å². The van der Waals surface area contributed by atoms with Crippen LogP contribution in [0.1, 0.15) is 65.5 Å². The lowest BCUT2D eigenvalue weighted by Gasteiger charge is -2.35. The summed E-state index contributed by atoms with van der Waals surface area (Å²) in [7, 11) is 0. The van der Waals surface area contributed by atoms with Crippen LogP contribution in [0.2, 0.25) is 0 Å². The predicted octanol–water partition coefficient (Wildman–Crippen LogP) is 5.14. The molecule has 0 spiro atoms. The lowest BCUT2D eigenvalue weighted by Crippen LogP contribution is -2.51. The molecule has 2 fully saturated rings. The first kappa shape index (κ1) is 29.1. The lowest BCUT2D eigenvalue weighted by molar-refractivity contribution is -0.133. The molecule has 1 aromatic carbocycles. The third-order valence-electron chi connectivity index (χ3n) is 9.13. The Morgan fingerprint density at radius 2 is 1.81 bits per heavy atom. The van der Waals surface area contributed by atoms with Crippen LogP contribution < -0.4 is 0 Å². The van der Waals surface area contributed by atoms with Crippen molar-refractivity contribution in [3.63, 3.8) is 0 Å². The quantitative estimate of drug-likeness (QED) is 0.397. The summed E-state index contributed by atoms with van der Waals surface area (Å²) < 4.78 is 42.1. The Morgan fingerprint density at radius 1 is 1.05 bits per heavy atom. The SMILES string of the molecule is Cc1cc(Cc2nccn3c(C4=CCN=C4C(F)(F)F)cnc23)ccc1C(=O)N1CCN(C(=O)C[C@@H]2CCC[C@H]2C)CC1. The van der Waals surface area contributed by atoms with Crippen LogP contribution in [0.3, 0.4) is 0 Å². The van der Waals surface area contributed by atoms with Crippen LogP contribution in [0.15, 0.2) is 47.9 Å². The highest BCUT2D eigenvalue weighted by atomic mass is 19.4. The number of hydrogen-bond donors (Lipinski definition) is 0. The van der Waals surface area contributed by atoms with Gasteiger partial charge in [0.25, 0.3) is 5.91 Å². The Labute approximate surface area is 248 Å². The zero-order chi connectivity index (χ0) is 30.3. The Morgan fingerprint density at radius 3 is 2.51 bits per heavy atom. The molecule has 0 unspecified atom stereocenters. The van der Waals surface area contributed by atoms with Crippen molar-refractivity contribution >= 4 is 28.7 Å². The van der Waals surface area contributed by atoms with Crippen LogP contribution >= 0.6 is 0 Å². The standard InChI is InChI=1S/C32H35F3N6O2/c1-20-4-3-5-23(20)18-28(42)39-12-14-40(15-13-39)31(43)24-7-6-22(16-21(24)2)17-26-30-38-19-27(41(30)11-10-36-26)25-8-9-37-29(25)32(33,34)35/h6-8,10-11,16,19-20,23H,3-5,9,12-15,17-18H2,1-2H3/t20-,23+/m1/s1. The molecule has 2 atom stereocenters. The number of aliphatic imine (C=N–C) groups is 1. The molecule has 43 heavy (non-hydrogen) atoms. The fourth-order valence-electron chi connectivity index (χ4n) is 6.65. The molecule has 0 N–H and O–H groups in total. The molecule has 0 bridgehead atoms. The van der Waals surface area contributed by atoms with Gasteiger partial charge in [-0.3, -0.25) is 24.0 Å². The van der Waals surface area contributed by atoms with Crippen LogP contribution in [0.5, 0.6) is 0 Å². The van der Waals surface area contributed by atoms with Gasteiger partial charge in [0.05, 0.1) is 24.1 Å². The minimum absolute atomic E-state index is 0.0180. The number of benzene rings is 1. The molecule has 1 saturated heterocycles. The Kier molecular flexibility index (Phi) is 7.83. The van der Waals surface area contributed by atoms with Crippen molar-refractivity contribution in [3.05, 3.63) is 70.9 Å². The lowest BCUT2D eigenvalue weighted by atomic mass is 9.94. The number of aryl methyl sites for hydroxylation is 1. The van der Waals surface area contributed by atoms with Gasteiger partial charge in [-0.2, -0.15) is 13.2 Å². The van der Waals surface area contributed by atoms with Gasteiger partial charge < -0.3 is 9.80 Å². The summed E-state index contributed by atoms with van der Waals surface area (Å²) in [4.78, 5) is 42.5. The second-order valence-corrected chi connectivity index (χ2v) is 11.9. The maximum Gasteiger partial charge on any atom is 0.433 e. The van der Waals surface area contributed by atoms with E-state index in [2.05, 4.69) is 21.9 Å². The first-order valence-electron chi connectivity index (χ1n) is 14.9. The second-order valence-electron chi connectivity index (χ2n) is 11.9. The summed E-state index contributed by atoms with van der Waals surface area (Å²) in [5.41, 5.74) is 2.88. The van der Waals surface area contributed by atoms with E-state index in [-0.39, 0.29) is 23.9 Å². The number of imidazole rings is 1. The van der Waals surface area contributed by atoms with Gasteiger partial charge in [0.15, 0.2) is 5.65 Å². The molecule has 6 rings (SSSR count). The van der Waals surface area contributed by atoms with Crippen molar-refractivity contribution in [2.24, 2.45) is 16.8 Å². The number of aromatic nitrogens is 3.